The summed E-state index contributed by atoms with van der Waals surface area (Å²) in [5.74, 6) is 2.49. The number of piperidine rings is 1. The number of aryl methyl sites for hydroxylation is 1. The smallest absolute Gasteiger partial charge is 0.125 e. The Morgan fingerprint density at radius 3 is 3.14 bits per heavy atom. The van der Waals surface area contributed by atoms with Crippen LogP contribution in [-0.2, 0) is 11.3 Å². The van der Waals surface area contributed by atoms with Crippen LogP contribution in [0, 0.1) is 12.8 Å². The normalized spacial score (nSPS) is 28.7. The zero-order chi connectivity index (χ0) is 14.9. The summed E-state index contributed by atoms with van der Waals surface area (Å²) in [6, 6.07) is 5.96. The average Bonchev–Trinajstić information content (AvgIpc) is 3.16. The summed E-state index contributed by atoms with van der Waals surface area (Å²) in [4.78, 5) is 11.1. The minimum atomic E-state index is 0.125. The van der Waals surface area contributed by atoms with Crippen molar-refractivity contribution >= 4 is 0 Å². The standard InChI is InChI=1S/C17H21N3O2/c1-12-18-6-4-15(19-12)16-9-13-5-7-20(11-17(13)22-16)10-14-3-2-8-21-14/h2-4,6,8,13,16-17H,5,7,9-11H2,1H3/t13-,16-,17+/m0/s1. The van der Waals surface area contributed by atoms with Gasteiger partial charge in [-0.15, -0.1) is 0 Å². The molecule has 116 valence electrons. The molecule has 0 saturated carbocycles. The first-order chi connectivity index (χ1) is 10.8. The van der Waals surface area contributed by atoms with Gasteiger partial charge in [0, 0.05) is 12.7 Å². The highest BCUT2D eigenvalue weighted by atomic mass is 16.5. The zero-order valence-electron chi connectivity index (χ0n) is 12.8. The second-order valence-corrected chi connectivity index (χ2v) is 6.29. The van der Waals surface area contributed by atoms with Crippen LogP contribution < -0.4 is 0 Å². The van der Waals surface area contributed by atoms with E-state index in [1.165, 1.54) is 6.42 Å². The molecule has 0 amide bonds. The highest BCUT2D eigenvalue weighted by Crippen LogP contribution is 2.40. The Hall–Kier alpha value is -1.72. The summed E-state index contributed by atoms with van der Waals surface area (Å²) >= 11 is 0. The fourth-order valence-electron chi connectivity index (χ4n) is 3.61. The molecule has 2 aliphatic rings. The summed E-state index contributed by atoms with van der Waals surface area (Å²) in [5.41, 5.74) is 1.03. The highest BCUT2D eigenvalue weighted by Gasteiger charge is 2.40. The summed E-state index contributed by atoms with van der Waals surface area (Å²) in [6.07, 6.45) is 6.26. The lowest BCUT2D eigenvalue weighted by Gasteiger charge is -2.33. The lowest BCUT2D eigenvalue weighted by Crippen LogP contribution is -2.41. The van der Waals surface area contributed by atoms with Crippen LogP contribution in [0.3, 0.4) is 0 Å². The molecule has 0 N–H and O–H groups in total. The summed E-state index contributed by atoms with van der Waals surface area (Å²) in [6.45, 7) is 4.89. The number of nitrogens with zero attached hydrogens (tertiary/aromatic N) is 3. The molecule has 4 rings (SSSR count). The summed E-state index contributed by atoms with van der Waals surface area (Å²) < 4.78 is 11.7. The summed E-state index contributed by atoms with van der Waals surface area (Å²) in [5, 5.41) is 0. The van der Waals surface area contributed by atoms with E-state index in [0.29, 0.717) is 12.0 Å². The number of hydrogen-bond acceptors (Lipinski definition) is 5. The molecular weight excluding hydrogens is 278 g/mol. The van der Waals surface area contributed by atoms with E-state index in [4.69, 9.17) is 9.15 Å². The van der Waals surface area contributed by atoms with Crippen LogP contribution in [0.5, 0.6) is 0 Å². The fraction of sp³-hybridized carbons (Fsp3) is 0.529. The van der Waals surface area contributed by atoms with E-state index in [9.17, 15) is 0 Å². The Balaban J connectivity index is 1.41. The Kier molecular flexibility index (Phi) is 3.68. The van der Waals surface area contributed by atoms with Crippen molar-refractivity contribution < 1.29 is 9.15 Å². The van der Waals surface area contributed by atoms with Crippen molar-refractivity contribution in [2.24, 2.45) is 5.92 Å². The van der Waals surface area contributed by atoms with E-state index in [1.807, 2.05) is 31.3 Å². The van der Waals surface area contributed by atoms with Crippen molar-refractivity contribution in [3.8, 4) is 0 Å². The molecule has 3 atom stereocenters. The number of ether oxygens (including phenoxy) is 1. The third-order valence-electron chi connectivity index (χ3n) is 4.72. The third kappa shape index (κ3) is 2.78. The molecule has 0 bridgehead atoms. The molecular formula is C17H21N3O2. The van der Waals surface area contributed by atoms with E-state index < -0.39 is 0 Å². The molecule has 0 aliphatic carbocycles. The molecule has 0 spiro atoms. The predicted octanol–water partition coefficient (Wildman–Crippen LogP) is 2.73. The molecule has 5 nitrogen and oxygen atoms in total. The van der Waals surface area contributed by atoms with Crippen LogP contribution in [0.2, 0.25) is 0 Å². The van der Waals surface area contributed by atoms with Crippen molar-refractivity contribution in [1.29, 1.82) is 0 Å². The number of furan rings is 1. The minimum absolute atomic E-state index is 0.125. The van der Waals surface area contributed by atoms with Gasteiger partial charge in [-0.2, -0.15) is 0 Å². The van der Waals surface area contributed by atoms with Crippen LogP contribution >= 0.6 is 0 Å². The second-order valence-electron chi connectivity index (χ2n) is 6.29. The SMILES string of the molecule is Cc1nccc([C@@H]2C[C@@H]3CCN(Cc4ccco4)C[C@H]3O2)n1. The number of rotatable bonds is 3. The molecule has 4 heterocycles. The van der Waals surface area contributed by atoms with Gasteiger partial charge in [-0.05, 0) is 50.4 Å². The average molecular weight is 299 g/mol. The largest absolute Gasteiger partial charge is 0.468 e. The van der Waals surface area contributed by atoms with E-state index in [2.05, 4.69) is 14.9 Å². The van der Waals surface area contributed by atoms with E-state index in [-0.39, 0.29) is 6.10 Å². The van der Waals surface area contributed by atoms with Gasteiger partial charge in [0.2, 0.25) is 0 Å². The molecule has 0 unspecified atom stereocenters. The number of fused-ring (bicyclic) bond motifs is 1. The highest BCUT2D eigenvalue weighted by molar-refractivity contribution is 5.09. The van der Waals surface area contributed by atoms with E-state index >= 15 is 0 Å². The molecule has 0 radical (unpaired) electrons. The fourth-order valence-corrected chi connectivity index (χ4v) is 3.61. The van der Waals surface area contributed by atoms with E-state index in [1.54, 1.807) is 6.26 Å². The van der Waals surface area contributed by atoms with Gasteiger partial charge in [0.25, 0.3) is 0 Å². The van der Waals surface area contributed by atoms with Crippen molar-refractivity contribution in [3.05, 3.63) is 47.9 Å². The van der Waals surface area contributed by atoms with Crippen molar-refractivity contribution in [1.82, 2.24) is 14.9 Å². The monoisotopic (exact) mass is 299 g/mol. The Labute approximate surface area is 130 Å². The Morgan fingerprint density at radius 1 is 1.36 bits per heavy atom. The topological polar surface area (TPSA) is 51.4 Å². The minimum Gasteiger partial charge on any atom is -0.468 e. The Bertz CT molecular complexity index is 629. The van der Waals surface area contributed by atoms with Crippen molar-refractivity contribution in [2.75, 3.05) is 13.1 Å². The number of likely N-dealkylation sites (tertiary alicyclic amines) is 1. The first kappa shape index (κ1) is 13.9. The van der Waals surface area contributed by atoms with Crippen LogP contribution in [0.4, 0.5) is 0 Å². The lowest BCUT2D eigenvalue weighted by molar-refractivity contribution is -0.0120. The van der Waals surface area contributed by atoms with Crippen LogP contribution in [-0.4, -0.2) is 34.1 Å². The first-order valence-electron chi connectivity index (χ1n) is 7.97. The maximum Gasteiger partial charge on any atom is 0.125 e. The van der Waals surface area contributed by atoms with Crippen LogP contribution in [0.15, 0.2) is 35.1 Å². The molecule has 22 heavy (non-hydrogen) atoms. The van der Waals surface area contributed by atoms with Gasteiger partial charge in [0.15, 0.2) is 0 Å². The number of hydrogen-bond donors (Lipinski definition) is 0. The Morgan fingerprint density at radius 2 is 2.32 bits per heavy atom. The second kappa shape index (κ2) is 5.82. The maximum atomic E-state index is 6.29. The molecule has 0 aromatic carbocycles. The van der Waals surface area contributed by atoms with Gasteiger partial charge in [-0.3, -0.25) is 4.90 Å². The van der Waals surface area contributed by atoms with Gasteiger partial charge in [-0.25, -0.2) is 9.97 Å². The first-order valence-corrected chi connectivity index (χ1v) is 7.97. The molecule has 2 fully saturated rings. The van der Waals surface area contributed by atoms with Crippen molar-refractivity contribution in [3.63, 3.8) is 0 Å². The number of aromatic nitrogens is 2. The van der Waals surface area contributed by atoms with Crippen molar-refractivity contribution in [2.45, 2.75) is 38.5 Å². The van der Waals surface area contributed by atoms with Gasteiger partial charge >= 0.3 is 0 Å². The predicted molar refractivity (Wildman–Crippen MR) is 81.1 cm³/mol. The van der Waals surface area contributed by atoms with E-state index in [0.717, 1.165) is 43.3 Å². The van der Waals surface area contributed by atoms with Gasteiger partial charge in [0.1, 0.15) is 17.7 Å². The van der Waals surface area contributed by atoms with Crippen LogP contribution in [0.25, 0.3) is 0 Å². The molecule has 2 aromatic heterocycles. The van der Waals surface area contributed by atoms with Gasteiger partial charge < -0.3 is 9.15 Å². The molecule has 2 aromatic rings. The molecule has 5 heteroatoms. The zero-order valence-corrected chi connectivity index (χ0v) is 12.8. The summed E-state index contributed by atoms with van der Waals surface area (Å²) in [7, 11) is 0. The van der Waals surface area contributed by atoms with Gasteiger partial charge in [0.05, 0.1) is 24.6 Å². The van der Waals surface area contributed by atoms with Crippen LogP contribution in [0.1, 0.15) is 36.2 Å². The molecule has 2 saturated heterocycles. The quantitative estimate of drug-likeness (QED) is 0.872. The third-order valence-corrected chi connectivity index (χ3v) is 4.72. The van der Waals surface area contributed by atoms with Gasteiger partial charge in [-0.1, -0.05) is 0 Å². The maximum absolute atomic E-state index is 6.29. The molecule has 2 aliphatic heterocycles. The lowest BCUT2D eigenvalue weighted by atomic mass is 9.91.